The zero-order valence-electron chi connectivity index (χ0n) is 7.76. The Bertz CT molecular complexity index is 291. The van der Waals surface area contributed by atoms with Gasteiger partial charge >= 0.3 is 0 Å². The van der Waals surface area contributed by atoms with Crippen molar-refractivity contribution in [2.24, 2.45) is 0 Å². The third-order valence-electron chi connectivity index (χ3n) is 2.41. The zero-order chi connectivity index (χ0) is 9.31. The van der Waals surface area contributed by atoms with Crippen LogP contribution in [0.15, 0.2) is 12.4 Å². The number of nitrogens with one attached hydrogen (secondary N) is 1. The first-order chi connectivity index (χ1) is 6.24. The molecule has 0 unspecified atom stereocenters. The molecule has 2 heterocycles. The Balaban J connectivity index is 2.12. The molecule has 1 saturated heterocycles. The van der Waals surface area contributed by atoms with Gasteiger partial charge in [0, 0.05) is 31.4 Å². The number of hydrogen-bond acceptors (Lipinski definition) is 2. The molecule has 1 N–H and O–H groups in total. The van der Waals surface area contributed by atoms with Gasteiger partial charge in [0.25, 0.3) is 0 Å². The highest BCUT2D eigenvalue weighted by Crippen LogP contribution is 2.29. The summed E-state index contributed by atoms with van der Waals surface area (Å²) in [7, 11) is 0. The molecule has 13 heavy (non-hydrogen) atoms. The Morgan fingerprint density at radius 2 is 2.46 bits per heavy atom. The minimum atomic E-state index is -1.16. The Morgan fingerprint density at radius 3 is 3.00 bits per heavy atom. The number of halogens is 1. The zero-order valence-corrected chi connectivity index (χ0v) is 7.76. The lowest BCUT2D eigenvalue weighted by atomic mass is 9.93. The van der Waals surface area contributed by atoms with Crippen LogP contribution in [0.3, 0.4) is 0 Å². The largest absolute Gasteiger partial charge is 0.310 e. The summed E-state index contributed by atoms with van der Waals surface area (Å²) in [5.74, 6) is 0. The van der Waals surface area contributed by atoms with Crippen molar-refractivity contribution in [3.8, 4) is 0 Å². The molecule has 2 rings (SSSR count). The molecule has 1 aliphatic rings. The van der Waals surface area contributed by atoms with E-state index in [9.17, 15) is 4.39 Å². The average molecular weight is 183 g/mol. The molecule has 1 aromatic heterocycles. The van der Waals surface area contributed by atoms with Gasteiger partial charge in [-0.1, -0.05) is 6.92 Å². The Hall–Kier alpha value is -0.900. The smallest absolute Gasteiger partial charge is 0.163 e. The molecular formula is C9H14FN3. The lowest BCUT2D eigenvalue weighted by Gasteiger charge is -2.33. The standard InChI is InChI=1S/C9H14FN3/c1-2-3-13-5-8(4-12-13)9(10)6-11-7-9/h4-5,11H,2-3,6-7H2,1H3. The fraction of sp³-hybridized carbons (Fsp3) is 0.667. The van der Waals surface area contributed by atoms with Crippen LogP contribution < -0.4 is 5.32 Å². The van der Waals surface area contributed by atoms with Gasteiger partial charge in [0.05, 0.1) is 6.20 Å². The first-order valence-corrected chi connectivity index (χ1v) is 4.67. The number of alkyl halides is 1. The minimum absolute atomic E-state index is 0.421. The van der Waals surface area contributed by atoms with Gasteiger partial charge in [-0.05, 0) is 6.42 Å². The summed E-state index contributed by atoms with van der Waals surface area (Å²) >= 11 is 0. The fourth-order valence-corrected chi connectivity index (χ4v) is 1.49. The SMILES string of the molecule is CCCn1cc(C2(F)CNC2)cn1. The number of aryl methyl sites for hydroxylation is 1. The second kappa shape index (κ2) is 3.10. The van der Waals surface area contributed by atoms with E-state index in [4.69, 9.17) is 0 Å². The van der Waals surface area contributed by atoms with Crippen LogP contribution in [-0.4, -0.2) is 22.9 Å². The Labute approximate surface area is 76.9 Å². The van der Waals surface area contributed by atoms with Crippen LogP contribution in [0.1, 0.15) is 18.9 Å². The van der Waals surface area contributed by atoms with Crippen LogP contribution in [0.4, 0.5) is 4.39 Å². The topological polar surface area (TPSA) is 29.9 Å². The van der Waals surface area contributed by atoms with Gasteiger partial charge in [0.15, 0.2) is 5.67 Å². The number of nitrogens with zero attached hydrogens (tertiary/aromatic N) is 2. The van der Waals surface area contributed by atoms with Crippen molar-refractivity contribution in [3.63, 3.8) is 0 Å². The second-order valence-electron chi connectivity index (χ2n) is 3.56. The monoisotopic (exact) mass is 183 g/mol. The van der Waals surface area contributed by atoms with Crippen LogP contribution in [0.5, 0.6) is 0 Å². The van der Waals surface area contributed by atoms with Crippen molar-refractivity contribution in [2.45, 2.75) is 25.6 Å². The highest BCUT2D eigenvalue weighted by atomic mass is 19.1. The van der Waals surface area contributed by atoms with E-state index in [0.717, 1.165) is 13.0 Å². The molecule has 0 spiro atoms. The summed E-state index contributed by atoms with van der Waals surface area (Å²) in [5, 5.41) is 7.03. The van der Waals surface area contributed by atoms with Gasteiger partial charge in [0.1, 0.15) is 0 Å². The summed E-state index contributed by atoms with van der Waals surface area (Å²) in [6, 6.07) is 0. The maximum Gasteiger partial charge on any atom is 0.163 e. The maximum atomic E-state index is 13.8. The van der Waals surface area contributed by atoms with E-state index in [1.165, 1.54) is 0 Å². The average Bonchev–Trinajstić information content (AvgIpc) is 2.50. The quantitative estimate of drug-likeness (QED) is 0.759. The van der Waals surface area contributed by atoms with E-state index in [-0.39, 0.29) is 0 Å². The van der Waals surface area contributed by atoms with Crippen LogP contribution >= 0.6 is 0 Å². The number of hydrogen-bond donors (Lipinski definition) is 1. The molecule has 0 amide bonds. The van der Waals surface area contributed by atoms with Gasteiger partial charge in [0.2, 0.25) is 0 Å². The van der Waals surface area contributed by atoms with Gasteiger partial charge in [-0.25, -0.2) is 4.39 Å². The molecule has 1 aromatic rings. The van der Waals surface area contributed by atoms with Crippen molar-refractivity contribution in [1.82, 2.24) is 15.1 Å². The summed E-state index contributed by atoms with van der Waals surface area (Å²) < 4.78 is 15.6. The predicted molar refractivity (Wildman–Crippen MR) is 48.2 cm³/mol. The first kappa shape index (κ1) is 8.69. The normalized spacial score (nSPS) is 19.8. The molecule has 0 atom stereocenters. The lowest BCUT2D eigenvalue weighted by molar-refractivity contribution is 0.0890. The molecule has 0 aromatic carbocycles. The summed E-state index contributed by atoms with van der Waals surface area (Å²) in [6.45, 7) is 3.79. The second-order valence-corrected chi connectivity index (χ2v) is 3.56. The molecule has 1 fully saturated rings. The van der Waals surface area contributed by atoms with E-state index in [0.29, 0.717) is 18.7 Å². The van der Waals surface area contributed by atoms with Crippen molar-refractivity contribution in [3.05, 3.63) is 18.0 Å². The van der Waals surface area contributed by atoms with E-state index < -0.39 is 5.67 Å². The summed E-state index contributed by atoms with van der Waals surface area (Å²) in [6.07, 6.45) is 4.47. The molecule has 72 valence electrons. The van der Waals surface area contributed by atoms with Gasteiger partial charge < -0.3 is 5.32 Å². The molecule has 3 nitrogen and oxygen atoms in total. The Kier molecular flexibility index (Phi) is 2.07. The van der Waals surface area contributed by atoms with Gasteiger partial charge in [-0.15, -0.1) is 0 Å². The van der Waals surface area contributed by atoms with Gasteiger partial charge in [-0.3, -0.25) is 4.68 Å². The van der Waals surface area contributed by atoms with Crippen LogP contribution in [0.25, 0.3) is 0 Å². The third-order valence-corrected chi connectivity index (χ3v) is 2.41. The van der Waals surface area contributed by atoms with Crippen molar-refractivity contribution in [1.29, 1.82) is 0 Å². The Morgan fingerprint density at radius 1 is 1.69 bits per heavy atom. The van der Waals surface area contributed by atoms with Crippen LogP contribution in [-0.2, 0) is 12.2 Å². The highest BCUT2D eigenvalue weighted by Gasteiger charge is 2.39. The van der Waals surface area contributed by atoms with E-state index in [2.05, 4.69) is 17.3 Å². The van der Waals surface area contributed by atoms with Crippen LogP contribution in [0, 0.1) is 0 Å². The molecule has 0 radical (unpaired) electrons. The predicted octanol–water partition coefficient (Wildman–Crippen LogP) is 1.06. The van der Waals surface area contributed by atoms with Crippen LogP contribution in [0.2, 0.25) is 0 Å². The van der Waals surface area contributed by atoms with Gasteiger partial charge in [-0.2, -0.15) is 5.10 Å². The van der Waals surface area contributed by atoms with Crippen molar-refractivity contribution < 1.29 is 4.39 Å². The highest BCUT2D eigenvalue weighted by molar-refractivity contribution is 5.20. The number of aromatic nitrogens is 2. The fourth-order valence-electron chi connectivity index (χ4n) is 1.49. The summed E-state index contributed by atoms with van der Waals surface area (Å²) in [5.41, 5.74) is -0.453. The first-order valence-electron chi connectivity index (χ1n) is 4.67. The molecule has 4 heteroatoms. The third kappa shape index (κ3) is 1.46. The molecule has 1 aliphatic heterocycles. The molecular weight excluding hydrogens is 169 g/mol. The molecule has 0 bridgehead atoms. The van der Waals surface area contributed by atoms with E-state index in [1.54, 1.807) is 10.9 Å². The molecule has 0 saturated carbocycles. The minimum Gasteiger partial charge on any atom is -0.310 e. The lowest BCUT2D eigenvalue weighted by Crippen LogP contribution is -2.53. The van der Waals surface area contributed by atoms with Crippen molar-refractivity contribution in [2.75, 3.05) is 13.1 Å². The van der Waals surface area contributed by atoms with E-state index in [1.807, 2.05) is 6.20 Å². The number of rotatable bonds is 3. The molecule has 0 aliphatic carbocycles. The summed E-state index contributed by atoms with van der Waals surface area (Å²) in [4.78, 5) is 0. The van der Waals surface area contributed by atoms with Crippen molar-refractivity contribution >= 4 is 0 Å². The maximum absolute atomic E-state index is 13.8. The van der Waals surface area contributed by atoms with E-state index >= 15 is 0 Å².